The summed E-state index contributed by atoms with van der Waals surface area (Å²) in [5.41, 5.74) is 2.54. The number of piperidine rings is 1. The van der Waals surface area contributed by atoms with Crippen molar-refractivity contribution in [3.05, 3.63) is 41.8 Å². The van der Waals surface area contributed by atoms with Crippen LogP contribution < -0.4 is 4.90 Å². The molecule has 25 heavy (non-hydrogen) atoms. The molecule has 1 N–H and O–H groups in total. The second-order valence-electron chi connectivity index (χ2n) is 6.15. The van der Waals surface area contributed by atoms with Crippen molar-refractivity contribution in [2.75, 3.05) is 18.0 Å². The highest BCUT2D eigenvalue weighted by Gasteiger charge is 2.21. The van der Waals surface area contributed by atoms with Crippen molar-refractivity contribution in [1.82, 2.24) is 19.9 Å². The summed E-state index contributed by atoms with van der Waals surface area (Å²) >= 11 is 1.71. The number of rotatable bonds is 3. The Bertz CT molecular complexity index is 859. The Labute approximate surface area is 150 Å². The maximum atomic E-state index is 9.72. The minimum Gasteiger partial charge on any atom is -0.393 e. The van der Waals surface area contributed by atoms with Crippen LogP contribution in [-0.4, -0.2) is 44.2 Å². The van der Waals surface area contributed by atoms with Gasteiger partial charge in [0.05, 0.1) is 28.6 Å². The lowest BCUT2D eigenvalue weighted by atomic mass is 10.1. The first-order valence-corrected chi connectivity index (χ1v) is 9.15. The van der Waals surface area contributed by atoms with Crippen LogP contribution in [0.3, 0.4) is 0 Å². The Morgan fingerprint density at radius 3 is 2.64 bits per heavy atom. The molecule has 0 atom stereocenters. The molecule has 0 saturated carbocycles. The van der Waals surface area contributed by atoms with E-state index in [0.29, 0.717) is 5.95 Å². The number of thiophene rings is 1. The summed E-state index contributed by atoms with van der Waals surface area (Å²) in [4.78, 5) is 22.5. The summed E-state index contributed by atoms with van der Waals surface area (Å²) in [5, 5.41) is 9.72. The zero-order valence-electron chi connectivity index (χ0n) is 14.0. The van der Waals surface area contributed by atoms with Gasteiger partial charge < -0.3 is 10.0 Å². The van der Waals surface area contributed by atoms with E-state index in [1.165, 1.54) is 4.88 Å². The predicted octanol–water partition coefficient (Wildman–Crippen LogP) is 2.93. The Kier molecular flexibility index (Phi) is 4.42. The summed E-state index contributed by atoms with van der Waals surface area (Å²) in [5.74, 6) is 0.709. The van der Waals surface area contributed by atoms with Gasteiger partial charge >= 0.3 is 0 Å². The maximum Gasteiger partial charge on any atom is 0.225 e. The van der Waals surface area contributed by atoms with Crippen LogP contribution in [0.4, 0.5) is 5.95 Å². The zero-order chi connectivity index (χ0) is 17.2. The first-order chi connectivity index (χ1) is 12.2. The van der Waals surface area contributed by atoms with Crippen molar-refractivity contribution >= 4 is 17.3 Å². The van der Waals surface area contributed by atoms with Gasteiger partial charge in [0.25, 0.3) is 0 Å². The normalized spacial score (nSPS) is 15.5. The van der Waals surface area contributed by atoms with Gasteiger partial charge in [-0.3, -0.25) is 9.97 Å². The molecule has 4 rings (SSSR count). The molecule has 7 heteroatoms. The molecular weight excluding hydrogens is 334 g/mol. The minimum atomic E-state index is -0.213. The standard InChI is InChI=1S/C18H19N5OS/c1-12-2-3-16(25-12)17-14(15-11-19-6-7-20-15)10-21-18(22-17)23-8-4-13(24)5-9-23/h2-3,6-7,10-11,13,24H,4-5,8-9H2,1H3. The first kappa shape index (κ1) is 16.1. The van der Waals surface area contributed by atoms with Crippen molar-refractivity contribution in [3.8, 4) is 21.8 Å². The summed E-state index contributed by atoms with van der Waals surface area (Å²) in [6, 6.07) is 4.19. The monoisotopic (exact) mass is 353 g/mol. The molecule has 6 nitrogen and oxygen atoms in total. The van der Waals surface area contributed by atoms with E-state index in [4.69, 9.17) is 4.98 Å². The Balaban J connectivity index is 1.77. The van der Waals surface area contributed by atoms with Gasteiger partial charge in [-0.05, 0) is 31.9 Å². The Morgan fingerprint density at radius 2 is 1.96 bits per heavy atom. The molecule has 3 aromatic rings. The third-order valence-corrected chi connectivity index (χ3v) is 5.34. The van der Waals surface area contributed by atoms with Crippen molar-refractivity contribution in [2.24, 2.45) is 0 Å². The lowest BCUT2D eigenvalue weighted by Gasteiger charge is -2.29. The molecule has 1 aliphatic rings. The highest BCUT2D eigenvalue weighted by molar-refractivity contribution is 7.15. The fourth-order valence-electron chi connectivity index (χ4n) is 2.97. The Hall–Kier alpha value is -2.38. The smallest absolute Gasteiger partial charge is 0.225 e. The number of hydrogen-bond acceptors (Lipinski definition) is 7. The van der Waals surface area contributed by atoms with Gasteiger partial charge in [-0.1, -0.05) is 0 Å². The number of anilines is 1. The van der Waals surface area contributed by atoms with Crippen LogP contribution >= 0.6 is 11.3 Å². The third kappa shape index (κ3) is 3.38. The molecule has 128 valence electrons. The first-order valence-electron chi connectivity index (χ1n) is 8.34. The second kappa shape index (κ2) is 6.85. The van der Waals surface area contributed by atoms with E-state index in [1.807, 2.05) is 6.20 Å². The average Bonchev–Trinajstić information content (AvgIpc) is 3.09. The highest BCUT2D eigenvalue weighted by atomic mass is 32.1. The van der Waals surface area contributed by atoms with Crippen molar-refractivity contribution in [2.45, 2.75) is 25.9 Å². The number of aliphatic hydroxyl groups excluding tert-OH is 1. The number of aryl methyl sites for hydroxylation is 1. The van der Waals surface area contributed by atoms with E-state index in [-0.39, 0.29) is 6.10 Å². The minimum absolute atomic E-state index is 0.213. The van der Waals surface area contributed by atoms with Gasteiger partial charge in [0, 0.05) is 42.1 Å². The predicted molar refractivity (Wildman–Crippen MR) is 98.6 cm³/mol. The van der Waals surface area contributed by atoms with Gasteiger partial charge in [-0.25, -0.2) is 9.97 Å². The number of nitrogens with zero attached hydrogens (tertiary/aromatic N) is 5. The molecule has 0 aliphatic carbocycles. The van der Waals surface area contributed by atoms with E-state index >= 15 is 0 Å². The molecule has 3 aromatic heterocycles. The second-order valence-corrected chi connectivity index (χ2v) is 7.44. The quantitative estimate of drug-likeness (QED) is 0.780. The van der Waals surface area contributed by atoms with E-state index in [2.05, 4.69) is 38.9 Å². The molecule has 0 unspecified atom stereocenters. The zero-order valence-corrected chi connectivity index (χ0v) is 14.8. The fraction of sp³-hybridized carbons (Fsp3) is 0.333. The summed E-state index contributed by atoms with van der Waals surface area (Å²) in [6.45, 7) is 3.63. The molecule has 4 heterocycles. The fourth-order valence-corrected chi connectivity index (χ4v) is 3.84. The summed E-state index contributed by atoms with van der Waals surface area (Å²) < 4.78 is 0. The molecule has 0 bridgehead atoms. The number of aliphatic hydroxyl groups is 1. The van der Waals surface area contributed by atoms with Crippen molar-refractivity contribution < 1.29 is 5.11 Å². The van der Waals surface area contributed by atoms with Gasteiger partial charge in [-0.2, -0.15) is 0 Å². The van der Waals surface area contributed by atoms with Crippen LogP contribution in [0.15, 0.2) is 36.9 Å². The van der Waals surface area contributed by atoms with Gasteiger partial charge in [0.2, 0.25) is 5.95 Å². The summed E-state index contributed by atoms with van der Waals surface area (Å²) in [6.07, 6.45) is 8.20. The largest absolute Gasteiger partial charge is 0.393 e. The van der Waals surface area contributed by atoms with Crippen LogP contribution in [0.25, 0.3) is 21.8 Å². The lowest BCUT2D eigenvalue weighted by Crippen LogP contribution is -2.36. The van der Waals surface area contributed by atoms with Crippen LogP contribution in [0, 0.1) is 6.92 Å². The molecular formula is C18H19N5OS. The van der Waals surface area contributed by atoms with E-state index in [1.54, 1.807) is 29.9 Å². The average molecular weight is 353 g/mol. The van der Waals surface area contributed by atoms with Gasteiger partial charge in [-0.15, -0.1) is 11.3 Å². The maximum absolute atomic E-state index is 9.72. The van der Waals surface area contributed by atoms with Crippen LogP contribution in [-0.2, 0) is 0 Å². The van der Waals surface area contributed by atoms with E-state index < -0.39 is 0 Å². The summed E-state index contributed by atoms with van der Waals surface area (Å²) in [7, 11) is 0. The van der Waals surface area contributed by atoms with E-state index in [0.717, 1.165) is 47.8 Å². The molecule has 1 fully saturated rings. The molecule has 0 radical (unpaired) electrons. The highest BCUT2D eigenvalue weighted by Crippen LogP contribution is 2.34. The van der Waals surface area contributed by atoms with Crippen molar-refractivity contribution in [3.63, 3.8) is 0 Å². The van der Waals surface area contributed by atoms with Crippen LogP contribution in [0.5, 0.6) is 0 Å². The number of aromatic nitrogens is 4. The SMILES string of the molecule is Cc1ccc(-c2nc(N3CCC(O)CC3)ncc2-c2cnccn2)s1. The molecule has 1 saturated heterocycles. The van der Waals surface area contributed by atoms with Crippen molar-refractivity contribution in [1.29, 1.82) is 0 Å². The third-order valence-electron chi connectivity index (χ3n) is 4.34. The van der Waals surface area contributed by atoms with E-state index in [9.17, 15) is 5.11 Å². The molecule has 0 amide bonds. The topological polar surface area (TPSA) is 75.0 Å². The molecule has 0 aromatic carbocycles. The molecule has 1 aliphatic heterocycles. The Morgan fingerprint density at radius 1 is 1.12 bits per heavy atom. The van der Waals surface area contributed by atoms with Crippen LogP contribution in [0.2, 0.25) is 0 Å². The van der Waals surface area contributed by atoms with Crippen LogP contribution in [0.1, 0.15) is 17.7 Å². The van der Waals surface area contributed by atoms with Gasteiger partial charge in [0.15, 0.2) is 0 Å². The lowest BCUT2D eigenvalue weighted by molar-refractivity contribution is 0.145. The number of hydrogen-bond donors (Lipinski definition) is 1. The molecule has 0 spiro atoms. The van der Waals surface area contributed by atoms with Gasteiger partial charge in [0.1, 0.15) is 0 Å².